The van der Waals surface area contributed by atoms with Crippen molar-refractivity contribution in [3.05, 3.63) is 33.4 Å². The van der Waals surface area contributed by atoms with Crippen LogP contribution in [0.5, 0.6) is 0 Å². The van der Waals surface area contributed by atoms with Gasteiger partial charge in [-0.3, -0.25) is 9.36 Å². The molecule has 0 aromatic carbocycles. The molecule has 0 unspecified atom stereocenters. The quantitative estimate of drug-likeness (QED) is 0.859. The van der Waals surface area contributed by atoms with Gasteiger partial charge in [-0.05, 0) is 38.5 Å². The van der Waals surface area contributed by atoms with Crippen LogP contribution >= 0.6 is 11.3 Å². The van der Waals surface area contributed by atoms with Crippen molar-refractivity contribution in [1.29, 1.82) is 0 Å². The number of hydrogen-bond donors (Lipinski definition) is 0. The highest BCUT2D eigenvalue weighted by Gasteiger charge is 2.26. The highest BCUT2D eigenvalue weighted by molar-refractivity contribution is 7.15. The molecule has 122 valence electrons. The van der Waals surface area contributed by atoms with E-state index in [9.17, 15) is 4.79 Å². The standard InChI is InChI=1S/C16H21N5OS/c1-11-18-19-16(23-11)20-6-4-12(5-7-20)9-21-10-17-14(8-15(21)22)13-2-3-13/h8,10,12-13H,2-7,9H2,1H3. The van der Waals surface area contributed by atoms with Gasteiger partial charge in [-0.2, -0.15) is 0 Å². The zero-order valence-electron chi connectivity index (χ0n) is 13.3. The molecule has 1 aliphatic heterocycles. The van der Waals surface area contributed by atoms with Crippen LogP contribution in [0.3, 0.4) is 0 Å². The predicted molar refractivity (Wildman–Crippen MR) is 90.1 cm³/mol. The Hall–Kier alpha value is -1.76. The first-order chi connectivity index (χ1) is 11.2. The van der Waals surface area contributed by atoms with E-state index in [-0.39, 0.29) is 5.56 Å². The lowest BCUT2D eigenvalue weighted by Gasteiger charge is -2.31. The molecule has 0 spiro atoms. The van der Waals surface area contributed by atoms with E-state index >= 15 is 0 Å². The fourth-order valence-corrected chi connectivity index (χ4v) is 3.92. The summed E-state index contributed by atoms with van der Waals surface area (Å²) in [6.07, 6.45) is 6.27. The van der Waals surface area contributed by atoms with Crippen molar-refractivity contribution in [2.45, 2.75) is 45.1 Å². The molecule has 4 rings (SSSR count). The molecule has 1 saturated carbocycles. The number of piperidine rings is 1. The molecule has 2 aliphatic rings. The number of nitrogens with zero attached hydrogens (tertiary/aromatic N) is 5. The lowest BCUT2D eigenvalue weighted by atomic mass is 9.97. The van der Waals surface area contributed by atoms with Gasteiger partial charge in [0.25, 0.3) is 5.56 Å². The summed E-state index contributed by atoms with van der Waals surface area (Å²) in [5, 5.41) is 10.3. The third-order valence-corrected chi connectivity index (χ3v) is 5.65. The SMILES string of the molecule is Cc1nnc(N2CCC(Cn3cnc(C4CC4)cc3=O)CC2)s1. The number of hydrogen-bond acceptors (Lipinski definition) is 6. The summed E-state index contributed by atoms with van der Waals surface area (Å²) < 4.78 is 1.78. The highest BCUT2D eigenvalue weighted by Crippen LogP contribution is 2.38. The van der Waals surface area contributed by atoms with Gasteiger partial charge in [-0.25, -0.2) is 4.98 Å². The Kier molecular flexibility index (Phi) is 3.88. The molecule has 3 heterocycles. The fourth-order valence-electron chi connectivity index (χ4n) is 3.18. The zero-order valence-corrected chi connectivity index (χ0v) is 14.1. The van der Waals surface area contributed by atoms with E-state index in [0.29, 0.717) is 11.8 Å². The molecule has 23 heavy (non-hydrogen) atoms. The Labute approximate surface area is 139 Å². The second kappa shape index (κ2) is 6.03. The first-order valence-electron chi connectivity index (χ1n) is 8.30. The van der Waals surface area contributed by atoms with Crippen molar-refractivity contribution in [3.8, 4) is 0 Å². The smallest absolute Gasteiger partial charge is 0.253 e. The summed E-state index contributed by atoms with van der Waals surface area (Å²) in [6.45, 7) is 4.74. The van der Waals surface area contributed by atoms with Gasteiger partial charge in [-0.15, -0.1) is 10.2 Å². The summed E-state index contributed by atoms with van der Waals surface area (Å²) >= 11 is 1.65. The molecule has 7 heteroatoms. The number of aryl methyl sites for hydroxylation is 1. The molecule has 2 fully saturated rings. The number of aromatic nitrogens is 4. The Balaban J connectivity index is 1.36. The van der Waals surface area contributed by atoms with Crippen LogP contribution in [0.4, 0.5) is 5.13 Å². The summed E-state index contributed by atoms with van der Waals surface area (Å²) in [7, 11) is 0. The average Bonchev–Trinajstić information content (AvgIpc) is 3.32. The van der Waals surface area contributed by atoms with Crippen LogP contribution in [0.1, 0.15) is 42.3 Å². The molecular formula is C16H21N5OS. The van der Waals surface area contributed by atoms with E-state index in [1.165, 1.54) is 12.8 Å². The zero-order chi connectivity index (χ0) is 15.8. The minimum atomic E-state index is 0.101. The maximum absolute atomic E-state index is 12.2. The van der Waals surface area contributed by atoms with Gasteiger partial charge in [0, 0.05) is 31.6 Å². The third-order valence-electron chi connectivity index (χ3n) is 4.75. The van der Waals surface area contributed by atoms with E-state index in [1.807, 2.05) is 6.92 Å². The Morgan fingerprint density at radius 3 is 2.61 bits per heavy atom. The van der Waals surface area contributed by atoms with Crippen LogP contribution in [0.2, 0.25) is 0 Å². The largest absolute Gasteiger partial charge is 0.347 e. The van der Waals surface area contributed by atoms with Crippen molar-refractivity contribution in [2.24, 2.45) is 5.92 Å². The van der Waals surface area contributed by atoms with Crippen molar-refractivity contribution >= 4 is 16.5 Å². The van der Waals surface area contributed by atoms with Gasteiger partial charge in [0.1, 0.15) is 5.01 Å². The molecule has 2 aromatic rings. The van der Waals surface area contributed by atoms with Gasteiger partial charge in [0.05, 0.1) is 12.0 Å². The van der Waals surface area contributed by atoms with Gasteiger partial charge in [-0.1, -0.05) is 11.3 Å². The highest BCUT2D eigenvalue weighted by atomic mass is 32.1. The van der Waals surface area contributed by atoms with Crippen molar-refractivity contribution < 1.29 is 0 Å². The van der Waals surface area contributed by atoms with E-state index in [4.69, 9.17) is 0 Å². The molecule has 0 radical (unpaired) electrons. The number of rotatable bonds is 4. The van der Waals surface area contributed by atoms with E-state index < -0.39 is 0 Å². The van der Waals surface area contributed by atoms with Gasteiger partial charge < -0.3 is 4.90 Å². The molecule has 1 aliphatic carbocycles. The van der Waals surface area contributed by atoms with Crippen LogP contribution < -0.4 is 10.5 Å². The second-order valence-corrected chi connectivity index (χ2v) is 7.77. The monoisotopic (exact) mass is 331 g/mol. The lowest BCUT2D eigenvalue weighted by Crippen LogP contribution is -2.36. The lowest BCUT2D eigenvalue weighted by molar-refractivity contribution is 0.350. The summed E-state index contributed by atoms with van der Waals surface area (Å²) in [5.41, 5.74) is 1.08. The molecule has 2 aromatic heterocycles. The average molecular weight is 331 g/mol. The van der Waals surface area contributed by atoms with Crippen molar-refractivity contribution in [3.63, 3.8) is 0 Å². The molecule has 6 nitrogen and oxygen atoms in total. The third kappa shape index (κ3) is 3.29. The van der Waals surface area contributed by atoms with Gasteiger partial charge in [0.2, 0.25) is 5.13 Å². The molecule has 1 saturated heterocycles. The topological polar surface area (TPSA) is 63.9 Å². The van der Waals surface area contributed by atoms with Crippen molar-refractivity contribution in [1.82, 2.24) is 19.7 Å². The molecule has 0 bridgehead atoms. The Bertz CT molecular complexity index is 743. The van der Waals surface area contributed by atoms with Crippen molar-refractivity contribution in [2.75, 3.05) is 18.0 Å². The summed E-state index contributed by atoms with van der Waals surface area (Å²) in [5.74, 6) is 1.07. The van der Waals surface area contributed by atoms with Crippen LogP contribution in [-0.4, -0.2) is 32.8 Å². The van der Waals surface area contributed by atoms with Crippen LogP contribution in [-0.2, 0) is 6.54 Å². The van der Waals surface area contributed by atoms with E-state index in [1.54, 1.807) is 28.3 Å². The minimum Gasteiger partial charge on any atom is -0.347 e. The Morgan fingerprint density at radius 2 is 2.00 bits per heavy atom. The molecule has 0 atom stereocenters. The van der Waals surface area contributed by atoms with Crippen LogP contribution in [0.25, 0.3) is 0 Å². The van der Waals surface area contributed by atoms with Gasteiger partial charge >= 0.3 is 0 Å². The van der Waals surface area contributed by atoms with E-state index in [2.05, 4.69) is 20.1 Å². The summed E-state index contributed by atoms with van der Waals surface area (Å²) in [4.78, 5) is 19.0. The second-order valence-electron chi connectivity index (χ2n) is 6.61. The first-order valence-corrected chi connectivity index (χ1v) is 9.12. The molecule has 0 amide bonds. The minimum absolute atomic E-state index is 0.101. The maximum Gasteiger partial charge on any atom is 0.253 e. The van der Waals surface area contributed by atoms with Gasteiger partial charge in [0.15, 0.2) is 0 Å². The molecule has 0 N–H and O–H groups in total. The maximum atomic E-state index is 12.2. The normalized spacial score (nSPS) is 19.3. The van der Waals surface area contributed by atoms with Crippen LogP contribution in [0.15, 0.2) is 17.2 Å². The molecular weight excluding hydrogens is 310 g/mol. The summed E-state index contributed by atoms with van der Waals surface area (Å²) in [6, 6.07) is 1.73. The fraction of sp³-hybridized carbons (Fsp3) is 0.625. The Morgan fingerprint density at radius 1 is 1.22 bits per heavy atom. The first kappa shape index (κ1) is 14.8. The van der Waals surface area contributed by atoms with Crippen LogP contribution in [0, 0.1) is 12.8 Å². The predicted octanol–water partition coefficient (Wildman–Crippen LogP) is 2.20. The number of anilines is 1. The van der Waals surface area contributed by atoms with E-state index in [0.717, 1.165) is 48.3 Å².